The highest BCUT2D eigenvalue weighted by Gasteiger charge is 2.38. The van der Waals surface area contributed by atoms with Crippen LogP contribution >= 0.6 is 0 Å². The van der Waals surface area contributed by atoms with Gasteiger partial charge in [0.1, 0.15) is 24.1 Å². The summed E-state index contributed by atoms with van der Waals surface area (Å²) in [6, 6.07) is 1.37. The Labute approximate surface area is 95.9 Å². The van der Waals surface area contributed by atoms with Gasteiger partial charge >= 0.3 is 5.69 Å². The van der Waals surface area contributed by atoms with Crippen molar-refractivity contribution in [2.45, 2.75) is 24.5 Å². The van der Waals surface area contributed by atoms with Crippen LogP contribution in [0.2, 0.25) is 0 Å². The summed E-state index contributed by atoms with van der Waals surface area (Å²) in [6.45, 7) is -0.181. The number of aliphatic hydroxyl groups excluding tert-OH is 3. The van der Waals surface area contributed by atoms with Crippen molar-refractivity contribution in [2.75, 3.05) is 12.3 Å². The molecule has 0 aliphatic carbocycles. The maximum atomic E-state index is 11.5. The molecule has 1 aromatic heterocycles. The predicted octanol–water partition coefficient (Wildman–Crippen LogP) is -2.56. The van der Waals surface area contributed by atoms with Crippen LogP contribution in [0.25, 0.3) is 0 Å². The van der Waals surface area contributed by atoms with E-state index in [1.807, 2.05) is 0 Å². The van der Waals surface area contributed by atoms with Gasteiger partial charge in [0.05, 0.1) is 6.61 Å². The number of hydrogen-bond donors (Lipinski definition) is 4. The fraction of sp³-hybridized carbons (Fsp3) is 0.556. The van der Waals surface area contributed by atoms with Gasteiger partial charge < -0.3 is 25.8 Å². The summed E-state index contributed by atoms with van der Waals surface area (Å²) in [5.74, 6) is 0.0529. The molecule has 94 valence electrons. The molecule has 8 nitrogen and oxygen atoms in total. The first-order valence-corrected chi connectivity index (χ1v) is 5.01. The monoisotopic (exact) mass is 243 g/mol. The Morgan fingerprint density at radius 3 is 2.76 bits per heavy atom. The van der Waals surface area contributed by atoms with E-state index < -0.39 is 30.2 Å². The zero-order valence-electron chi connectivity index (χ0n) is 8.80. The number of rotatable bonds is 1. The average molecular weight is 243 g/mol. The summed E-state index contributed by atoms with van der Waals surface area (Å²) in [4.78, 5) is 15.0. The Morgan fingerprint density at radius 1 is 1.41 bits per heavy atom. The molecule has 8 heteroatoms. The zero-order valence-corrected chi connectivity index (χ0v) is 8.80. The molecule has 0 unspecified atom stereocenters. The third-order valence-electron chi connectivity index (χ3n) is 2.60. The number of ether oxygens (including phenoxy) is 1. The molecule has 1 aromatic rings. The second-order valence-electron chi connectivity index (χ2n) is 3.81. The lowest BCUT2D eigenvalue weighted by Gasteiger charge is -2.35. The first-order valence-electron chi connectivity index (χ1n) is 5.01. The lowest BCUT2D eigenvalue weighted by molar-refractivity contribution is -0.212. The third-order valence-corrected chi connectivity index (χ3v) is 2.60. The van der Waals surface area contributed by atoms with Crippen molar-refractivity contribution in [3.8, 4) is 0 Å². The Balaban J connectivity index is 2.31. The van der Waals surface area contributed by atoms with Gasteiger partial charge in [0.15, 0.2) is 6.23 Å². The third kappa shape index (κ3) is 2.15. The van der Waals surface area contributed by atoms with Gasteiger partial charge in [-0.25, -0.2) is 4.79 Å². The topological polar surface area (TPSA) is 131 Å². The molecule has 2 rings (SSSR count). The Bertz CT molecular complexity index is 462. The van der Waals surface area contributed by atoms with Crippen molar-refractivity contribution >= 4 is 5.82 Å². The first kappa shape index (κ1) is 12.0. The highest BCUT2D eigenvalue weighted by molar-refractivity contribution is 5.23. The second-order valence-corrected chi connectivity index (χ2v) is 3.81. The Kier molecular flexibility index (Phi) is 3.11. The van der Waals surface area contributed by atoms with E-state index >= 15 is 0 Å². The highest BCUT2D eigenvalue weighted by Crippen LogP contribution is 2.22. The molecular formula is C9H13N3O5. The fourth-order valence-electron chi connectivity index (χ4n) is 1.66. The lowest BCUT2D eigenvalue weighted by atomic mass is 10.0. The molecule has 5 N–H and O–H groups in total. The number of hydrogen-bond acceptors (Lipinski definition) is 7. The minimum absolute atomic E-state index is 0.0529. The van der Waals surface area contributed by atoms with E-state index in [0.717, 1.165) is 4.57 Å². The minimum Gasteiger partial charge on any atom is -0.388 e. The van der Waals surface area contributed by atoms with Crippen LogP contribution in [0, 0.1) is 0 Å². The van der Waals surface area contributed by atoms with E-state index in [0.29, 0.717) is 0 Å². The number of nitrogens with zero attached hydrogens (tertiary/aromatic N) is 2. The number of anilines is 1. The van der Waals surface area contributed by atoms with Crippen LogP contribution in [0.5, 0.6) is 0 Å². The molecule has 2 heterocycles. The molecule has 1 fully saturated rings. The molecule has 0 saturated carbocycles. The van der Waals surface area contributed by atoms with Crippen molar-refractivity contribution in [1.29, 1.82) is 0 Å². The average Bonchev–Trinajstić information content (AvgIpc) is 2.28. The van der Waals surface area contributed by atoms with Crippen LogP contribution < -0.4 is 11.4 Å². The molecule has 17 heavy (non-hydrogen) atoms. The summed E-state index contributed by atoms with van der Waals surface area (Å²) in [5, 5.41) is 28.5. The zero-order chi connectivity index (χ0) is 12.6. The molecule has 0 aromatic carbocycles. The van der Waals surface area contributed by atoms with E-state index in [9.17, 15) is 20.1 Å². The van der Waals surface area contributed by atoms with Crippen LogP contribution in [-0.4, -0.2) is 49.8 Å². The van der Waals surface area contributed by atoms with Crippen LogP contribution in [0.3, 0.4) is 0 Å². The number of aromatic nitrogens is 2. The summed E-state index contributed by atoms with van der Waals surface area (Å²) in [7, 11) is 0. The highest BCUT2D eigenvalue weighted by atomic mass is 16.5. The molecule has 4 atom stereocenters. The van der Waals surface area contributed by atoms with Crippen molar-refractivity contribution in [2.24, 2.45) is 0 Å². The van der Waals surface area contributed by atoms with Gasteiger partial charge in [0.2, 0.25) is 0 Å². The molecule has 0 radical (unpaired) electrons. The summed E-state index contributed by atoms with van der Waals surface area (Å²) < 4.78 is 6.11. The first-order chi connectivity index (χ1) is 8.00. The minimum atomic E-state index is -1.41. The quantitative estimate of drug-likeness (QED) is 0.426. The smallest absolute Gasteiger partial charge is 0.351 e. The number of aliphatic hydroxyl groups is 3. The summed E-state index contributed by atoms with van der Waals surface area (Å²) in [5.41, 5.74) is 4.63. The SMILES string of the molecule is Nc1ccn([C@@H]2OC[C@@H](O)[C@@H](O)[C@@H]2O)c(=O)n1. The van der Waals surface area contributed by atoms with Gasteiger partial charge in [-0.2, -0.15) is 4.98 Å². The van der Waals surface area contributed by atoms with Gasteiger partial charge in [-0.15, -0.1) is 0 Å². The maximum Gasteiger partial charge on any atom is 0.351 e. The van der Waals surface area contributed by atoms with Gasteiger partial charge in [-0.3, -0.25) is 4.57 Å². The van der Waals surface area contributed by atoms with Crippen molar-refractivity contribution in [3.05, 3.63) is 22.7 Å². The van der Waals surface area contributed by atoms with E-state index in [4.69, 9.17) is 10.5 Å². The molecule has 0 amide bonds. The van der Waals surface area contributed by atoms with Gasteiger partial charge in [0, 0.05) is 6.20 Å². The predicted molar refractivity (Wildman–Crippen MR) is 55.9 cm³/mol. The van der Waals surface area contributed by atoms with Crippen molar-refractivity contribution in [3.63, 3.8) is 0 Å². The molecule has 1 aliphatic heterocycles. The van der Waals surface area contributed by atoms with Crippen molar-refractivity contribution in [1.82, 2.24) is 9.55 Å². The summed E-state index contributed by atoms with van der Waals surface area (Å²) >= 11 is 0. The van der Waals surface area contributed by atoms with Crippen molar-refractivity contribution < 1.29 is 20.1 Å². The molecular weight excluding hydrogens is 230 g/mol. The van der Waals surface area contributed by atoms with E-state index in [1.54, 1.807) is 0 Å². The molecule has 0 bridgehead atoms. The van der Waals surface area contributed by atoms with E-state index in [-0.39, 0.29) is 12.4 Å². The van der Waals surface area contributed by atoms with E-state index in [2.05, 4.69) is 4.98 Å². The van der Waals surface area contributed by atoms with Gasteiger partial charge in [-0.05, 0) is 6.07 Å². The van der Waals surface area contributed by atoms with Crippen LogP contribution in [-0.2, 0) is 4.74 Å². The fourth-order valence-corrected chi connectivity index (χ4v) is 1.66. The normalized spacial score (nSPS) is 33.6. The molecule has 1 saturated heterocycles. The largest absolute Gasteiger partial charge is 0.388 e. The van der Waals surface area contributed by atoms with Crippen LogP contribution in [0.1, 0.15) is 6.23 Å². The molecule has 1 aliphatic rings. The lowest BCUT2D eigenvalue weighted by Crippen LogP contribution is -2.52. The van der Waals surface area contributed by atoms with E-state index in [1.165, 1.54) is 12.3 Å². The second kappa shape index (κ2) is 4.41. The van der Waals surface area contributed by atoms with Crippen LogP contribution in [0.4, 0.5) is 5.82 Å². The standard InChI is InChI=1S/C9H13N3O5/c10-5-1-2-12(9(16)11-5)8-7(15)6(14)4(13)3-17-8/h1-2,4,6-8,13-15H,3H2,(H2,10,11,16)/t4-,6-,7+,8-/m1/s1. The number of nitrogens with two attached hydrogens (primary N) is 1. The maximum absolute atomic E-state index is 11.5. The molecule has 0 spiro atoms. The van der Waals surface area contributed by atoms with Gasteiger partial charge in [-0.1, -0.05) is 0 Å². The summed E-state index contributed by atoms with van der Waals surface area (Å²) in [6.07, 6.45) is -3.75. The Morgan fingerprint density at radius 2 is 2.12 bits per heavy atom. The number of nitrogen functional groups attached to an aromatic ring is 1. The van der Waals surface area contributed by atoms with Crippen LogP contribution in [0.15, 0.2) is 17.1 Å². The Hall–Kier alpha value is -1.48. The van der Waals surface area contributed by atoms with Gasteiger partial charge in [0.25, 0.3) is 0 Å².